The van der Waals surface area contributed by atoms with Crippen LogP contribution in [0.5, 0.6) is 0 Å². The van der Waals surface area contributed by atoms with Crippen molar-refractivity contribution in [2.24, 2.45) is 4.99 Å². The van der Waals surface area contributed by atoms with Gasteiger partial charge in [-0.2, -0.15) is 30.3 Å². The molecule has 0 amide bonds. The summed E-state index contributed by atoms with van der Waals surface area (Å²) in [6.07, 6.45) is 1.92. The van der Waals surface area contributed by atoms with Crippen molar-refractivity contribution in [2.75, 3.05) is 0 Å². The summed E-state index contributed by atoms with van der Waals surface area (Å²) < 4.78 is 0. The predicted molar refractivity (Wildman–Crippen MR) is 161 cm³/mol. The Balaban J connectivity index is 0.000000630. The van der Waals surface area contributed by atoms with Gasteiger partial charge in [-0.15, -0.1) is 11.6 Å². The molecule has 200 valence electrons. The Morgan fingerprint density at radius 3 is 1.64 bits per heavy atom. The summed E-state index contributed by atoms with van der Waals surface area (Å²) in [7, 11) is 0. The second kappa shape index (κ2) is 14.1. The van der Waals surface area contributed by atoms with Crippen LogP contribution in [0.3, 0.4) is 0 Å². The van der Waals surface area contributed by atoms with Crippen molar-refractivity contribution in [3.05, 3.63) is 161 Å². The minimum Gasteiger partial charge on any atom is -0.385 e. The predicted octanol–water partition coefficient (Wildman–Crippen LogP) is 9.09. The van der Waals surface area contributed by atoms with Gasteiger partial charge in [0.2, 0.25) is 0 Å². The molecule has 0 radical (unpaired) electrons. The van der Waals surface area contributed by atoms with Crippen LogP contribution in [-0.2, 0) is 22.7 Å². The Morgan fingerprint density at radius 1 is 0.692 bits per heavy atom. The number of benzene rings is 3. The van der Waals surface area contributed by atoms with Crippen LogP contribution in [0.2, 0.25) is 0 Å². The summed E-state index contributed by atoms with van der Waals surface area (Å²) in [5.41, 5.74) is 5.67. The van der Waals surface area contributed by atoms with Crippen LogP contribution in [0.25, 0.3) is 0 Å². The molecule has 0 heterocycles. The molecule has 5 rings (SSSR count). The standard InChI is InChI=1S/C31H32NO.C5H5.Fe/c1-22(2)27-18-12-19-28(23(3)4)30(27)32-21-24-13-11-20-29(24)31(33,25-14-7-5-8-15-25)26-16-9-6-10-17-26;1-2-4-5-3-1;/h5-23,33H,1-4H3;1-5H;/q2*-1;+2. The van der Waals surface area contributed by atoms with E-state index in [0.717, 1.165) is 27.9 Å². The number of para-hydroxylation sites is 1. The summed E-state index contributed by atoms with van der Waals surface area (Å²) in [6.45, 7) is 8.82. The molecule has 0 saturated carbocycles. The monoisotopic (exact) mass is 555 g/mol. The van der Waals surface area contributed by atoms with Gasteiger partial charge in [-0.05, 0) is 40.3 Å². The number of hydrogen-bond donors (Lipinski definition) is 1. The maximum absolute atomic E-state index is 12.2. The summed E-state index contributed by atoms with van der Waals surface area (Å²) in [4.78, 5) is 5.02. The van der Waals surface area contributed by atoms with E-state index in [1.54, 1.807) is 0 Å². The molecule has 5 aromatic carbocycles. The Kier molecular flexibility index (Phi) is 10.8. The molecule has 0 aliphatic rings. The SMILES string of the molecule is CC(C)c1cccc(C(C)C)c1N=Cc1ccc[c-]1C(O)(c1ccccc1)c1ccccc1.[Fe+2].c1cc[cH-]c1. The van der Waals surface area contributed by atoms with E-state index < -0.39 is 5.60 Å². The largest absolute Gasteiger partial charge is 2.00 e. The molecule has 5 aromatic rings. The van der Waals surface area contributed by atoms with E-state index in [2.05, 4.69) is 45.9 Å². The molecule has 3 heteroatoms. The van der Waals surface area contributed by atoms with Crippen molar-refractivity contribution in [1.82, 2.24) is 0 Å². The first-order chi connectivity index (χ1) is 18.4. The second-order valence-electron chi connectivity index (χ2n) is 10.2. The van der Waals surface area contributed by atoms with Gasteiger partial charge in [-0.25, -0.2) is 12.1 Å². The first-order valence-electron chi connectivity index (χ1n) is 13.4. The van der Waals surface area contributed by atoms with Crippen molar-refractivity contribution in [2.45, 2.75) is 45.1 Å². The van der Waals surface area contributed by atoms with Crippen molar-refractivity contribution < 1.29 is 22.2 Å². The molecule has 0 bridgehead atoms. The van der Waals surface area contributed by atoms with Gasteiger partial charge >= 0.3 is 17.1 Å². The van der Waals surface area contributed by atoms with E-state index in [9.17, 15) is 5.11 Å². The van der Waals surface area contributed by atoms with Gasteiger partial charge < -0.3 is 10.1 Å². The fourth-order valence-corrected chi connectivity index (χ4v) is 4.83. The van der Waals surface area contributed by atoms with E-state index in [-0.39, 0.29) is 17.1 Å². The maximum atomic E-state index is 12.2. The Bertz CT molecular complexity index is 1330. The first-order valence-corrected chi connectivity index (χ1v) is 13.4. The van der Waals surface area contributed by atoms with Gasteiger partial charge in [-0.1, -0.05) is 112 Å². The Labute approximate surface area is 244 Å². The van der Waals surface area contributed by atoms with Gasteiger partial charge in [0.25, 0.3) is 0 Å². The van der Waals surface area contributed by atoms with Crippen LogP contribution >= 0.6 is 0 Å². The maximum Gasteiger partial charge on any atom is 2.00 e. The topological polar surface area (TPSA) is 32.6 Å². The molecule has 2 nitrogen and oxygen atoms in total. The minimum atomic E-state index is -1.27. The summed E-state index contributed by atoms with van der Waals surface area (Å²) in [5.74, 6) is 0.751. The van der Waals surface area contributed by atoms with Crippen LogP contribution < -0.4 is 0 Å². The van der Waals surface area contributed by atoms with Crippen LogP contribution in [0.15, 0.2) is 132 Å². The molecular formula is C36H37FeNO. The van der Waals surface area contributed by atoms with Crippen LogP contribution in [-0.4, -0.2) is 11.3 Å². The third-order valence-electron chi connectivity index (χ3n) is 6.85. The van der Waals surface area contributed by atoms with Crippen LogP contribution in [0, 0.1) is 0 Å². The van der Waals surface area contributed by atoms with Gasteiger partial charge in [0.1, 0.15) is 5.60 Å². The third kappa shape index (κ3) is 6.94. The molecule has 0 aromatic heterocycles. The molecule has 0 unspecified atom stereocenters. The molecule has 0 fully saturated rings. The Hall–Kier alpha value is -3.49. The van der Waals surface area contributed by atoms with Gasteiger partial charge in [0.15, 0.2) is 0 Å². The number of aliphatic imine (C=N–C) groups is 1. The molecular weight excluding hydrogens is 518 g/mol. The van der Waals surface area contributed by atoms with Crippen molar-refractivity contribution in [1.29, 1.82) is 0 Å². The third-order valence-corrected chi connectivity index (χ3v) is 6.85. The zero-order valence-corrected chi connectivity index (χ0v) is 24.2. The average Bonchev–Trinajstić information content (AvgIpc) is 3.68. The van der Waals surface area contributed by atoms with Crippen molar-refractivity contribution in [3.63, 3.8) is 0 Å². The molecule has 0 spiro atoms. The molecule has 0 atom stereocenters. The number of aliphatic hydroxyl groups is 1. The van der Waals surface area contributed by atoms with Crippen molar-refractivity contribution in [3.8, 4) is 0 Å². The number of rotatable bonds is 7. The minimum absolute atomic E-state index is 0. The second-order valence-corrected chi connectivity index (χ2v) is 10.2. The van der Waals surface area contributed by atoms with E-state index >= 15 is 0 Å². The zero-order valence-electron chi connectivity index (χ0n) is 23.1. The Morgan fingerprint density at radius 2 is 1.21 bits per heavy atom. The summed E-state index contributed by atoms with van der Waals surface area (Å²) in [6, 6.07) is 42.2. The normalized spacial score (nSPS) is 11.4. The van der Waals surface area contributed by atoms with E-state index in [4.69, 9.17) is 4.99 Å². The van der Waals surface area contributed by atoms with Gasteiger partial charge in [-0.3, -0.25) is 0 Å². The fraction of sp³-hybridized carbons (Fsp3) is 0.194. The van der Waals surface area contributed by atoms with Gasteiger partial charge in [0.05, 0.1) is 5.69 Å². The molecule has 1 N–H and O–H groups in total. The van der Waals surface area contributed by atoms with Crippen LogP contribution in [0.1, 0.15) is 72.9 Å². The van der Waals surface area contributed by atoms with Crippen LogP contribution in [0.4, 0.5) is 5.69 Å². The first kappa shape index (κ1) is 30.1. The van der Waals surface area contributed by atoms with Crippen molar-refractivity contribution >= 4 is 11.9 Å². The molecule has 0 aliphatic carbocycles. The average molecular weight is 556 g/mol. The van der Waals surface area contributed by atoms with Gasteiger partial charge in [0, 0.05) is 0 Å². The molecule has 0 aliphatic heterocycles. The van der Waals surface area contributed by atoms with E-state index in [1.807, 2.05) is 115 Å². The zero-order chi connectivity index (χ0) is 27.0. The number of hydrogen-bond acceptors (Lipinski definition) is 2. The van der Waals surface area contributed by atoms with E-state index in [0.29, 0.717) is 11.8 Å². The number of nitrogens with zero attached hydrogens (tertiary/aromatic N) is 1. The van der Waals surface area contributed by atoms with E-state index in [1.165, 1.54) is 11.1 Å². The fourth-order valence-electron chi connectivity index (χ4n) is 4.83. The smallest absolute Gasteiger partial charge is 0.385 e. The summed E-state index contributed by atoms with van der Waals surface area (Å²) >= 11 is 0. The summed E-state index contributed by atoms with van der Waals surface area (Å²) in [5, 5.41) is 12.2. The molecule has 39 heavy (non-hydrogen) atoms. The molecule has 0 saturated heterocycles. The quantitative estimate of drug-likeness (QED) is 0.121.